The molecule has 9 heteroatoms. The number of imidazole rings is 1. The zero-order valence-electron chi connectivity index (χ0n) is 32.0. The summed E-state index contributed by atoms with van der Waals surface area (Å²) in [6, 6.07) is 35.7. The van der Waals surface area contributed by atoms with Gasteiger partial charge in [-0.3, -0.25) is 4.79 Å². The Morgan fingerprint density at radius 3 is 2.09 bits per heavy atom. The molecule has 1 aliphatic carbocycles. The molecule has 1 heterocycles. The van der Waals surface area contributed by atoms with E-state index < -0.39 is 0 Å². The molecule has 6 aromatic rings. The summed E-state index contributed by atoms with van der Waals surface area (Å²) in [6.45, 7) is 7.37. The van der Waals surface area contributed by atoms with E-state index in [9.17, 15) is 4.79 Å². The summed E-state index contributed by atoms with van der Waals surface area (Å²) in [5.74, 6) is 2.36. The molecule has 282 valence electrons. The normalized spacial score (nSPS) is 11.7. The lowest BCUT2D eigenvalue weighted by Crippen LogP contribution is -2.27. The van der Waals surface area contributed by atoms with Crippen molar-refractivity contribution in [3.8, 4) is 56.5 Å². The molecule has 7 rings (SSSR count). The number of methoxy groups -OCH3 is 2. The van der Waals surface area contributed by atoms with Gasteiger partial charge in [-0.25, -0.2) is 4.98 Å². The van der Waals surface area contributed by atoms with E-state index in [0.29, 0.717) is 51.6 Å². The van der Waals surface area contributed by atoms with Crippen molar-refractivity contribution in [2.24, 2.45) is 5.73 Å². The average molecular weight is 737 g/mol. The minimum Gasteiger partial charge on any atom is -0.496 e. The highest BCUT2D eigenvalue weighted by molar-refractivity contribution is 5.94. The number of nitrogens with zero attached hydrogens (tertiary/aromatic N) is 2. The predicted molar refractivity (Wildman–Crippen MR) is 218 cm³/mol. The average Bonchev–Trinajstić information content (AvgIpc) is 3.77. The van der Waals surface area contributed by atoms with Gasteiger partial charge in [-0.1, -0.05) is 48.5 Å². The number of amides is 1. The second kappa shape index (κ2) is 17.2. The van der Waals surface area contributed by atoms with E-state index in [1.54, 1.807) is 14.2 Å². The van der Waals surface area contributed by atoms with Crippen molar-refractivity contribution in [2.45, 2.75) is 26.8 Å². The third-order valence-electron chi connectivity index (χ3n) is 10.1. The van der Waals surface area contributed by atoms with Crippen LogP contribution in [-0.2, 0) is 22.4 Å². The highest BCUT2D eigenvalue weighted by atomic mass is 16.5. The van der Waals surface area contributed by atoms with Crippen molar-refractivity contribution in [3.63, 3.8) is 0 Å². The van der Waals surface area contributed by atoms with Crippen molar-refractivity contribution >= 4 is 5.91 Å². The second-order valence-electron chi connectivity index (χ2n) is 13.8. The van der Waals surface area contributed by atoms with Crippen LogP contribution in [0.3, 0.4) is 0 Å². The number of nitrogens with one attached hydrogen (secondary N) is 1. The van der Waals surface area contributed by atoms with Crippen molar-refractivity contribution in [3.05, 3.63) is 137 Å². The molecule has 1 amide bonds. The summed E-state index contributed by atoms with van der Waals surface area (Å²) in [4.78, 5) is 18.5. The number of ether oxygens (including phenoxy) is 4. The molecule has 9 nitrogen and oxygen atoms in total. The molecule has 0 atom stereocenters. The van der Waals surface area contributed by atoms with Crippen molar-refractivity contribution < 1.29 is 23.7 Å². The maximum atomic E-state index is 13.0. The van der Waals surface area contributed by atoms with Crippen LogP contribution in [0.2, 0.25) is 0 Å². The first kappa shape index (κ1) is 37.6. The summed E-state index contributed by atoms with van der Waals surface area (Å²) in [5, 5.41) is 2.95. The predicted octanol–water partition coefficient (Wildman–Crippen LogP) is 7.86. The minimum atomic E-state index is -0.150. The van der Waals surface area contributed by atoms with Crippen LogP contribution in [0.4, 0.5) is 0 Å². The molecule has 0 radical (unpaired) electrons. The van der Waals surface area contributed by atoms with E-state index >= 15 is 0 Å². The maximum absolute atomic E-state index is 13.0. The number of aromatic nitrogens is 2. The molecule has 0 saturated carbocycles. The van der Waals surface area contributed by atoms with Gasteiger partial charge in [-0.05, 0) is 114 Å². The molecule has 0 spiro atoms. The summed E-state index contributed by atoms with van der Waals surface area (Å²) in [6.07, 6.45) is 0.921. The van der Waals surface area contributed by atoms with E-state index in [-0.39, 0.29) is 5.91 Å². The molecule has 3 N–H and O–H groups in total. The molecule has 0 bridgehead atoms. The highest BCUT2D eigenvalue weighted by Gasteiger charge is 2.25. The SMILES string of the molecule is COc1ccc(-c2nc(-c3ccc4c(c3)-c3ccccc3C4)n(Cc3ccc(C(=O)NCCOCCOCCN)cc3)c2-c2ccc(OC)c(C)c2)cc1C. The van der Waals surface area contributed by atoms with Gasteiger partial charge in [0.25, 0.3) is 5.91 Å². The number of aryl methyl sites for hydroxylation is 2. The van der Waals surface area contributed by atoms with Crippen LogP contribution in [0.25, 0.3) is 45.0 Å². The Kier molecular flexibility index (Phi) is 11.7. The van der Waals surface area contributed by atoms with E-state index in [1.165, 1.54) is 22.3 Å². The van der Waals surface area contributed by atoms with Crippen molar-refractivity contribution in [1.82, 2.24) is 14.9 Å². The molecule has 1 aliphatic rings. The molecule has 0 saturated heterocycles. The Morgan fingerprint density at radius 2 is 1.38 bits per heavy atom. The first-order valence-electron chi connectivity index (χ1n) is 18.7. The summed E-state index contributed by atoms with van der Waals surface area (Å²) in [7, 11) is 3.39. The first-order chi connectivity index (χ1) is 26.9. The van der Waals surface area contributed by atoms with Crippen molar-refractivity contribution in [1.29, 1.82) is 0 Å². The monoisotopic (exact) mass is 736 g/mol. The standard InChI is InChI=1S/C46H48N4O5/c1-30-25-36(15-17-41(30)52-3)43-44(37-16-18-42(53-4)31(2)26-37)50(45(49-43)38-14-13-35-27-34-7-5-6-8-39(34)40(35)28-38)29-32-9-11-33(12-10-32)46(51)48-20-22-55-24-23-54-21-19-47/h5-18,25-26,28H,19-24,27,29,47H2,1-4H3,(H,48,51). The van der Waals surface area contributed by atoms with Gasteiger partial charge in [0.2, 0.25) is 0 Å². The second-order valence-corrected chi connectivity index (χ2v) is 13.8. The third kappa shape index (κ3) is 8.19. The fraction of sp³-hybridized carbons (Fsp3) is 0.261. The number of fused-ring (bicyclic) bond motifs is 3. The molecule has 5 aromatic carbocycles. The van der Waals surface area contributed by atoms with Crippen LogP contribution in [0.15, 0.2) is 103 Å². The lowest BCUT2D eigenvalue weighted by atomic mass is 10.0. The summed E-state index contributed by atoms with van der Waals surface area (Å²) < 4.78 is 24.5. The molecule has 1 aromatic heterocycles. The number of nitrogens with two attached hydrogens (primary N) is 1. The number of rotatable bonds is 16. The lowest BCUT2D eigenvalue weighted by Gasteiger charge is -2.16. The number of hydrogen-bond donors (Lipinski definition) is 2. The Balaban J connectivity index is 1.27. The van der Waals surface area contributed by atoms with Crippen LogP contribution in [0.5, 0.6) is 11.5 Å². The van der Waals surface area contributed by atoms with E-state index in [2.05, 4.69) is 90.5 Å². The van der Waals surface area contributed by atoms with E-state index in [4.69, 9.17) is 29.7 Å². The van der Waals surface area contributed by atoms with Crippen LogP contribution < -0.4 is 20.5 Å². The van der Waals surface area contributed by atoms with Gasteiger partial charge in [0.1, 0.15) is 17.3 Å². The topological polar surface area (TPSA) is 110 Å². The molecule has 55 heavy (non-hydrogen) atoms. The lowest BCUT2D eigenvalue weighted by molar-refractivity contribution is 0.0511. The fourth-order valence-electron chi connectivity index (χ4n) is 7.32. The zero-order chi connectivity index (χ0) is 38.3. The van der Waals surface area contributed by atoms with Crippen LogP contribution >= 0.6 is 0 Å². The quantitative estimate of drug-likeness (QED) is 0.0973. The number of benzene rings is 5. The van der Waals surface area contributed by atoms with Gasteiger partial charge in [0.15, 0.2) is 0 Å². The van der Waals surface area contributed by atoms with Gasteiger partial charge < -0.3 is 34.6 Å². The molecule has 0 aliphatic heterocycles. The van der Waals surface area contributed by atoms with Crippen LogP contribution in [0, 0.1) is 13.8 Å². The highest BCUT2D eigenvalue weighted by Crippen LogP contribution is 2.42. The zero-order valence-corrected chi connectivity index (χ0v) is 32.0. The smallest absolute Gasteiger partial charge is 0.251 e. The Bertz CT molecular complexity index is 2300. The van der Waals surface area contributed by atoms with Gasteiger partial charge in [-0.2, -0.15) is 0 Å². The molecular weight excluding hydrogens is 689 g/mol. The third-order valence-corrected chi connectivity index (χ3v) is 10.1. The Morgan fingerprint density at radius 1 is 0.727 bits per heavy atom. The van der Waals surface area contributed by atoms with Gasteiger partial charge in [-0.15, -0.1) is 0 Å². The van der Waals surface area contributed by atoms with Gasteiger partial charge >= 0.3 is 0 Å². The maximum Gasteiger partial charge on any atom is 0.251 e. The van der Waals surface area contributed by atoms with Crippen LogP contribution in [0.1, 0.15) is 38.2 Å². The molecule has 0 fully saturated rings. The van der Waals surface area contributed by atoms with E-state index in [1.807, 2.05) is 36.4 Å². The fourth-order valence-corrected chi connectivity index (χ4v) is 7.32. The minimum absolute atomic E-state index is 0.150. The Hall–Kier alpha value is -5.74. The van der Waals surface area contributed by atoms with Gasteiger partial charge in [0, 0.05) is 41.9 Å². The molecule has 0 unspecified atom stereocenters. The van der Waals surface area contributed by atoms with Crippen LogP contribution in [-0.4, -0.2) is 69.2 Å². The van der Waals surface area contributed by atoms with Gasteiger partial charge in [0.05, 0.1) is 52.0 Å². The number of carbonyl (C=O) groups excluding carboxylic acids is 1. The van der Waals surface area contributed by atoms with E-state index in [0.717, 1.165) is 68.5 Å². The number of carbonyl (C=O) groups is 1. The largest absolute Gasteiger partial charge is 0.496 e. The molecular formula is C46H48N4O5. The summed E-state index contributed by atoms with van der Waals surface area (Å²) >= 11 is 0. The Labute approximate surface area is 323 Å². The van der Waals surface area contributed by atoms with Crippen molar-refractivity contribution in [2.75, 3.05) is 53.7 Å². The summed E-state index contributed by atoms with van der Waals surface area (Å²) in [5.41, 5.74) is 19.2. The first-order valence-corrected chi connectivity index (χ1v) is 18.7. The number of hydrogen-bond acceptors (Lipinski definition) is 7.